The summed E-state index contributed by atoms with van der Waals surface area (Å²) >= 11 is 1.81. The average Bonchev–Trinajstić information content (AvgIpc) is 3.98. The van der Waals surface area contributed by atoms with Gasteiger partial charge in [0.15, 0.2) is 0 Å². The first-order valence-electron chi connectivity index (χ1n) is 20.9. The molecule has 0 unspecified atom stereocenters. The van der Waals surface area contributed by atoms with Crippen LogP contribution < -0.4 is 5.73 Å². The van der Waals surface area contributed by atoms with Gasteiger partial charge >= 0.3 is 0 Å². The molecule has 0 atom stereocenters. The van der Waals surface area contributed by atoms with Crippen molar-refractivity contribution in [2.24, 2.45) is 10.7 Å². The maximum atomic E-state index is 8.15. The van der Waals surface area contributed by atoms with Crippen LogP contribution in [0.2, 0.25) is 0 Å². The summed E-state index contributed by atoms with van der Waals surface area (Å²) in [5.74, 6) is 0.0339. The second-order valence-corrected chi connectivity index (χ2v) is 16.5. The van der Waals surface area contributed by atoms with Gasteiger partial charge in [-0.1, -0.05) is 146 Å². The minimum absolute atomic E-state index is 0.0339. The van der Waals surface area contributed by atoms with Crippen molar-refractivity contribution in [3.63, 3.8) is 0 Å². The van der Waals surface area contributed by atoms with Crippen LogP contribution in [0.3, 0.4) is 0 Å². The highest BCUT2D eigenvalue weighted by Crippen LogP contribution is 2.43. The molecule has 11 rings (SSSR count). The topological polar surface area (TPSA) is 80.3 Å². The third kappa shape index (κ3) is 7.85. The Balaban J connectivity index is 0.000000206. The molecule has 0 fully saturated rings. The van der Waals surface area contributed by atoms with Gasteiger partial charge in [0, 0.05) is 53.1 Å². The highest BCUT2D eigenvalue weighted by atomic mass is 32.1. The van der Waals surface area contributed by atoms with E-state index in [9.17, 15) is 0 Å². The maximum absolute atomic E-state index is 8.15. The van der Waals surface area contributed by atoms with Crippen LogP contribution in [0.1, 0.15) is 34.9 Å². The van der Waals surface area contributed by atoms with Gasteiger partial charge in [-0.3, -0.25) is 10.4 Å². The fraction of sp³-hybridized carbons (Fsp3) is 0.0526. The van der Waals surface area contributed by atoms with Gasteiger partial charge in [0.1, 0.15) is 17.0 Å². The zero-order valence-electron chi connectivity index (χ0n) is 35.3. The molecule has 0 aliphatic rings. The molecule has 0 aliphatic heterocycles. The molecule has 6 heteroatoms. The Hall–Kier alpha value is -7.80. The van der Waals surface area contributed by atoms with Crippen LogP contribution in [0, 0.1) is 12.3 Å². The van der Waals surface area contributed by atoms with E-state index in [-0.39, 0.29) is 5.84 Å². The zero-order chi connectivity index (χ0) is 43.5. The van der Waals surface area contributed by atoms with E-state index in [0.717, 1.165) is 62.1 Å². The number of nitrogens with one attached hydrogen (secondary N) is 1. The normalized spacial score (nSPS) is 11.3. The standard InChI is InChI=1S/C38H27N3OS.C11H10.C8H9N/c1-3-9-30-24(4-2)26-10-5-6-13-31(26)41(30)23-17-19-34-29(21-23)37-25(11-8-15-35(37)43-34)22-16-18-32-28(20-22)36-27(38(39)40)12-7-14-33(36)42-32;1-9-6-7-10-4-2-3-5-11(10)8-9;1-9-7-8-5-3-2-4-6-8/h3-21H,2H2,1H3,(H3,39,40);2-8H,1H3;2-6H,1,7H2/b9-3-;;. The Morgan fingerprint density at radius 1 is 0.714 bits per heavy atom. The van der Waals surface area contributed by atoms with Gasteiger partial charge in [-0.25, -0.2) is 0 Å². The van der Waals surface area contributed by atoms with E-state index in [4.69, 9.17) is 15.6 Å². The first-order valence-corrected chi connectivity index (χ1v) is 21.7. The summed E-state index contributed by atoms with van der Waals surface area (Å²) in [5, 5.41) is 16.3. The van der Waals surface area contributed by atoms with Gasteiger partial charge in [-0.05, 0) is 103 Å². The first kappa shape index (κ1) is 40.6. The van der Waals surface area contributed by atoms with Gasteiger partial charge in [0.2, 0.25) is 0 Å². The third-order valence-corrected chi connectivity index (χ3v) is 12.5. The highest BCUT2D eigenvalue weighted by Gasteiger charge is 2.19. The average molecular weight is 835 g/mol. The summed E-state index contributed by atoms with van der Waals surface area (Å²) in [7, 11) is 0. The van der Waals surface area contributed by atoms with Crippen LogP contribution in [0.25, 0.3) is 92.8 Å². The number of hydrogen-bond donors (Lipinski definition) is 2. The van der Waals surface area contributed by atoms with E-state index in [2.05, 4.69) is 164 Å². The maximum Gasteiger partial charge on any atom is 0.136 e. The Morgan fingerprint density at radius 3 is 2.29 bits per heavy atom. The first-order chi connectivity index (χ1) is 30.9. The van der Waals surface area contributed by atoms with Gasteiger partial charge in [0.05, 0.1) is 17.8 Å². The largest absolute Gasteiger partial charge is 0.456 e. The second-order valence-electron chi connectivity index (χ2n) is 15.4. The molecule has 0 saturated carbocycles. The molecule has 5 nitrogen and oxygen atoms in total. The number of aryl methyl sites for hydroxylation is 1. The van der Waals surface area contributed by atoms with Crippen molar-refractivity contribution in [2.75, 3.05) is 0 Å². The number of fused-ring (bicyclic) bond motifs is 8. The van der Waals surface area contributed by atoms with Crippen LogP contribution >= 0.6 is 11.3 Å². The number of rotatable bonds is 7. The number of furan rings is 1. The van der Waals surface area contributed by atoms with Crippen molar-refractivity contribution in [3.8, 4) is 16.8 Å². The molecule has 11 aromatic rings. The monoisotopic (exact) mass is 834 g/mol. The van der Waals surface area contributed by atoms with Crippen molar-refractivity contribution < 1.29 is 4.42 Å². The van der Waals surface area contributed by atoms with Gasteiger partial charge < -0.3 is 14.7 Å². The molecule has 3 N–H and O–H groups in total. The molecular formula is C57H46N4OS. The lowest BCUT2D eigenvalue weighted by atomic mass is 9.97. The van der Waals surface area contributed by atoms with Crippen LogP contribution in [-0.2, 0) is 6.54 Å². The number of nitrogens with two attached hydrogens (primary N) is 1. The summed E-state index contributed by atoms with van der Waals surface area (Å²) in [6.07, 6.45) is 6.21. The molecule has 3 heterocycles. The van der Waals surface area contributed by atoms with Crippen LogP contribution in [-0.4, -0.2) is 17.1 Å². The van der Waals surface area contributed by atoms with Crippen molar-refractivity contribution in [2.45, 2.75) is 20.4 Å². The second kappa shape index (κ2) is 17.7. The molecule has 0 amide bonds. The number of allylic oxidation sites excluding steroid dienone is 1. The van der Waals surface area contributed by atoms with Crippen molar-refractivity contribution in [1.82, 2.24) is 4.57 Å². The van der Waals surface area contributed by atoms with Crippen LogP contribution in [0.4, 0.5) is 0 Å². The third-order valence-electron chi connectivity index (χ3n) is 11.4. The number of amidine groups is 1. The van der Waals surface area contributed by atoms with E-state index in [1.807, 2.05) is 72.0 Å². The van der Waals surface area contributed by atoms with E-state index < -0.39 is 0 Å². The number of aromatic nitrogens is 1. The van der Waals surface area contributed by atoms with E-state index >= 15 is 0 Å². The molecule has 0 radical (unpaired) electrons. The Bertz CT molecular complexity index is 3530. The van der Waals surface area contributed by atoms with E-state index in [1.165, 1.54) is 47.5 Å². The van der Waals surface area contributed by atoms with Gasteiger partial charge in [0.25, 0.3) is 0 Å². The number of aliphatic imine (C=N–C) groups is 1. The van der Waals surface area contributed by atoms with Crippen LogP contribution in [0.5, 0.6) is 0 Å². The fourth-order valence-electron chi connectivity index (χ4n) is 8.53. The zero-order valence-corrected chi connectivity index (χ0v) is 36.1. The summed E-state index contributed by atoms with van der Waals surface area (Å²) < 4.78 is 11.0. The highest BCUT2D eigenvalue weighted by molar-refractivity contribution is 7.26. The minimum atomic E-state index is 0.0339. The number of benzene rings is 8. The molecule has 8 aromatic carbocycles. The lowest BCUT2D eigenvalue weighted by Gasteiger charge is -2.11. The molecule has 63 heavy (non-hydrogen) atoms. The number of nitrogen functional groups attached to an aromatic ring is 1. The Labute approximate surface area is 370 Å². The molecule has 0 bridgehead atoms. The van der Waals surface area contributed by atoms with Crippen LogP contribution in [0.15, 0.2) is 192 Å². The van der Waals surface area contributed by atoms with Crippen molar-refractivity contribution in [1.29, 1.82) is 5.41 Å². The minimum Gasteiger partial charge on any atom is -0.456 e. The number of thiophene rings is 1. The van der Waals surface area contributed by atoms with Gasteiger partial charge in [-0.2, -0.15) is 0 Å². The molecule has 0 spiro atoms. The van der Waals surface area contributed by atoms with Crippen molar-refractivity contribution >= 4 is 99.8 Å². The smallest absolute Gasteiger partial charge is 0.136 e. The molecule has 0 saturated heterocycles. The summed E-state index contributed by atoms with van der Waals surface area (Å²) in [6.45, 7) is 12.4. The fourth-order valence-corrected chi connectivity index (χ4v) is 9.65. The molecular weight excluding hydrogens is 789 g/mol. The molecule has 3 aromatic heterocycles. The number of hydrogen-bond acceptors (Lipinski definition) is 4. The Kier molecular flexibility index (Phi) is 11.4. The summed E-state index contributed by atoms with van der Waals surface area (Å²) in [5.41, 5.74) is 17.5. The molecule has 306 valence electrons. The lowest BCUT2D eigenvalue weighted by Crippen LogP contribution is -2.11. The quantitative estimate of drug-likeness (QED) is 0.124. The summed E-state index contributed by atoms with van der Waals surface area (Å²) in [6, 6.07) is 58.8. The van der Waals surface area contributed by atoms with E-state index in [0.29, 0.717) is 5.56 Å². The summed E-state index contributed by atoms with van der Waals surface area (Å²) in [4.78, 5) is 3.76. The molecule has 0 aliphatic carbocycles. The van der Waals surface area contributed by atoms with Gasteiger partial charge in [-0.15, -0.1) is 11.3 Å². The number of nitrogens with zero attached hydrogens (tertiary/aromatic N) is 2. The van der Waals surface area contributed by atoms with E-state index in [1.54, 1.807) is 0 Å². The predicted octanol–water partition coefficient (Wildman–Crippen LogP) is 15.6. The predicted molar refractivity (Wildman–Crippen MR) is 273 cm³/mol. The SMILES string of the molecule is C=Cc1c(/C=C\C)n(-c2ccc3sc4cccc(-c5ccc6oc7cccc(C(=N)N)c7c6c5)c4c3c2)c2ccccc12.C=NCc1ccccc1.Cc1ccc2ccccc2c1. The number of para-hydroxylation sites is 1. The Morgan fingerprint density at radius 2 is 1.49 bits per heavy atom. The lowest BCUT2D eigenvalue weighted by molar-refractivity contribution is 0.669. The van der Waals surface area contributed by atoms with Crippen molar-refractivity contribution in [3.05, 3.63) is 210 Å².